The van der Waals surface area contributed by atoms with Gasteiger partial charge in [-0.25, -0.2) is 19.9 Å². The molecule has 13 heteroatoms. The van der Waals surface area contributed by atoms with Crippen LogP contribution >= 0.6 is 0 Å². The van der Waals surface area contributed by atoms with Gasteiger partial charge in [0, 0.05) is 59.1 Å². The van der Waals surface area contributed by atoms with E-state index in [1.807, 2.05) is 19.1 Å². The minimum atomic E-state index is -4.56. The van der Waals surface area contributed by atoms with Gasteiger partial charge >= 0.3 is 12.4 Å². The zero-order chi connectivity index (χ0) is 30.1. The Kier molecular flexibility index (Phi) is 8.22. The Bertz CT molecular complexity index is 1420. The summed E-state index contributed by atoms with van der Waals surface area (Å²) in [7, 11) is 0. The molecule has 4 aromatic heterocycles. The van der Waals surface area contributed by atoms with E-state index in [0.29, 0.717) is 39.9 Å². The summed E-state index contributed by atoms with van der Waals surface area (Å²) in [6.07, 6.45) is 0.724. The van der Waals surface area contributed by atoms with E-state index in [2.05, 4.69) is 36.0 Å². The average molecular weight is 589 g/mol. The van der Waals surface area contributed by atoms with Gasteiger partial charge in [0.15, 0.2) is 0 Å². The molecule has 2 aliphatic carbocycles. The van der Waals surface area contributed by atoms with Crippen molar-refractivity contribution in [2.75, 3.05) is 0 Å². The van der Waals surface area contributed by atoms with Crippen LogP contribution in [0.4, 0.5) is 26.3 Å². The minimum absolute atomic E-state index is 0.142. The average Bonchev–Trinajstić information content (AvgIpc) is 3.89. The molecule has 0 bridgehead atoms. The lowest BCUT2D eigenvalue weighted by Gasteiger charge is -2.08. The maximum Gasteiger partial charge on any atom is 0.451 e. The Morgan fingerprint density at radius 3 is 1.36 bits per heavy atom. The van der Waals surface area contributed by atoms with Gasteiger partial charge in [0.05, 0.1) is 18.0 Å². The van der Waals surface area contributed by atoms with Crippen molar-refractivity contribution < 1.29 is 31.4 Å². The first kappa shape index (κ1) is 29.5. The summed E-state index contributed by atoms with van der Waals surface area (Å²) in [5, 5.41) is 9.28. The van der Waals surface area contributed by atoms with Crippen LogP contribution in [0.25, 0.3) is 22.5 Å². The van der Waals surface area contributed by atoms with E-state index in [1.54, 1.807) is 6.07 Å². The van der Waals surface area contributed by atoms with Crippen LogP contribution < -0.4 is 0 Å². The van der Waals surface area contributed by atoms with Crippen LogP contribution in [0, 0.1) is 0 Å². The number of aromatic nitrogens is 6. The molecule has 2 saturated carbocycles. The summed E-state index contributed by atoms with van der Waals surface area (Å²) < 4.78 is 74.8. The Balaban J connectivity index is 0.000000168. The molecule has 0 saturated heterocycles. The highest BCUT2D eigenvalue weighted by Gasteiger charge is 2.35. The van der Waals surface area contributed by atoms with Crippen LogP contribution in [-0.2, 0) is 25.4 Å². The Morgan fingerprint density at radius 1 is 0.643 bits per heavy atom. The molecule has 1 N–H and O–H groups in total. The molecule has 0 atom stereocenters. The van der Waals surface area contributed by atoms with Crippen LogP contribution in [0.3, 0.4) is 0 Å². The number of aliphatic hydroxyl groups is 1. The second-order valence-electron chi connectivity index (χ2n) is 10.2. The van der Waals surface area contributed by atoms with E-state index in [1.165, 1.54) is 12.4 Å². The molecule has 6 rings (SSSR count). The van der Waals surface area contributed by atoms with Gasteiger partial charge in [0.25, 0.3) is 0 Å². The maximum absolute atomic E-state index is 12.5. The SMILES string of the molecule is CCc1cc(-c2cnc(C(F)(F)F)nc2)nc(C2CC2)c1.OCc1cc(-c2cnc(C(F)(F)F)nc2)nc(C2CC2)c1. The van der Waals surface area contributed by atoms with Gasteiger partial charge in [0.2, 0.25) is 11.6 Å². The van der Waals surface area contributed by atoms with Gasteiger partial charge in [-0.15, -0.1) is 0 Å². The highest BCUT2D eigenvalue weighted by atomic mass is 19.4. The van der Waals surface area contributed by atoms with Crippen LogP contribution in [0.15, 0.2) is 49.1 Å². The van der Waals surface area contributed by atoms with Crippen molar-refractivity contribution in [1.29, 1.82) is 0 Å². The lowest BCUT2D eigenvalue weighted by Crippen LogP contribution is -2.10. The van der Waals surface area contributed by atoms with Gasteiger partial charge < -0.3 is 5.11 Å². The van der Waals surface area contributed by atoms with Crippen LogP contribution in [0.1, 0.15) is 78.6 Å². The van der Waals surface area contributed by atoms with E-state index in [-0.39, 0.29) is 6.61 Å². The summed E-state index contributed by atoms with van der Waals surface area (Å²) in [5.41, 5.74) is 5.73. The fraction of sp³-hybridized carbons (Fsp3) is 0.379. The molecule has 0 aromatic carbocycles. The third kappa shape index (κ3) is 7.25. The number of nitrogens with zero attached hydrogens (tertiary/aromatic N) is 6. The molecule has 0 aliphatic heterocycles. The third-order valence-corrected chi connectivity index (χ3v) is 6.79. The molecule has 7 nitrogen and oxygen atoms in total. The van der Waals surface area contributed by atoms with Crippen molar-refractivity contribution in [3.63, 3.8) is 0 Å². The third-order valence-electron chi connectivity index (χ3n) is 6.79. The van der Waals surface area contributed by atoms with Gasteiger partial charge in [0.1, 0.15) is 0 Å². The monoisotopic (exact) mass is 588 g/mol. The summed E-state index contributed by atoms with van der Waals surface area (Å²) in [5.74, 6) is -1.43. The molecule has 4 aromatic rings. The van der Waals surface area contributed by atoms with Crippen LogP contribution in [0.5, 0.6) is 0 Å². The topological polar surface area (TPSA) is 97.6 Å². The van der Waals surface area contributed by atoms with Crippen LogP contribution in [0.2, 0.25) is 0 Å². The smallest absolute Gasteiger partial charge is 0.392 e. The lowest BCUT2D eigenvalue weighted by atomic mass is 10.1. The Hall–Kier alpha value is -4.00. The predicted octanol–water partition coefficient (Wildman–Crippen LogP) is 6.92. The fourth-order valence-corrected chi connectivity index (χ4v) is 4.20. The molecule has 2 fully saturated rings. The predicted molar refractivity (Wildman–Crippen MR) is 140 cm³/mol. The first-order valence-electron chi connectivity index (χ1n) is 13.4. The van der Waals surface area contributed by atoms with Crippen molar-refractivity contribution in [2.45, 2.75) is 69.8 Å². The Labute approximate surface area is 237 Å². The Morgan fingerprint density at radius 2 is 1.02 bits per heavy atom. The van der Waals surface area contributed by atoms with Gasteiger partial charge in [-0.1, -0.05) is 6.92 Å². The fourth-order valence-electron chi connectivity index (χ4n) is 4.20. The summed E-state index contributed by atoms with van der Waals surface area (Å²) >= 11 is 0. The highest BCUT2D eigenvalue weighted by Crippen LogP contribution is 2.41. The summed E-state index contributed by atoms with van der Waals surface area (Å²) in [6.45, 7) is 1.90. The van der Waals surface area contributed by atoms with E-state index < -0.39 is 24.0 Å². The van der Waals surface area contributed by atoms with Crippen molar-refractivity contribution in [3.8, 4) is 22.5 Å². The number of aliphatic hydroxyl groups excluding tert-OH is 1. The van der Waals surface area contributed by atoms with Crippen LogP contribution in [-0.4, -0.2) is 35.0 Å². The second-order valence-corrected chi connectivity index (χ2v) is 10.2. The largest absolute Gasteiger partial charge is 0.451 e. The number of hydrogen-bond donors (Lipinski definition) is 1. The number of alkyl halides is 6. The van der Waals surface area contributed by atoms with Gasteiger partial charge in [-0.3, -0.25) is 9.97 Å². The first-order chi connectivity index (χ1) is 19.9. The molecule has 42 heavy (non-hydrogen) atoms. The highest BCUT2D eigenvalue weighted by molar-refractivity contribution is 5.59. The number of halogens is 6. The standard InChI is InChI=1S/C15H14F3N3.C14H12F3N3O/c1-2-9-5-12(10-3-4-10)21-13(6-9)11-7-19-14(20-8-11)15(16,17)18;15-14(16,17)13-18-5-10(6-19-13)12-4-8(7-21)3-11(20-12)9-1-2-9/h5-8,10H,2-4H2,1H3;3-6,9,21H,1-2,7H2. The zero-order valence-electron chi connectivity index (χ0n) is 22.4. The minimum Gasteiger partial charge on any atom is -0.392 e. The van der Waals surface area contributed by atoms with Crippen molar-refractivity contribution >= 4 is 0 Å². The first-order valence-corrected chi connectivity index (χ1v) is 13.4. The zero-order valence-corrected chi connectivity index (χ0v) is 22.4. The quantitative estimate of drug-likeness (QED) is 0.244. The number of rotatable bonds is 6. The molecule has 0 spiro atoms. The van der Waals surface area contributed by atoms with Crippen molar-refractivity contribution in [2.24, 2.45) is 0 Å². The number of hydrogen-bond acceptors (Lipinski definition) is 7. The van der Waals surface area contributed by atoms with E-state index in [4.69, 9.17) is 0 Å². The molecular weight excluding hydrogens is 562 g/mol. The molecule has 0 radical (unpaired) electrons. The van der Waals surface area contributed by atoms with Crippen molar-refractivity contribution in [3.05, 3.63) is 83.2 Å². The lowest BCUT2D eigenvalue weighted by molar-refractivity contribution is -0.145. The van der Waals surface area contributed by atoms with E-state index in [0.717, 1.165) is 61.4 Å². The van der Waals surface area contributed by atoms with Gasteiger partial charge in [-0.05, 0) is 67.5 Å². The summed E-state index contributed by atoms with van der Waals surface area (Å²) in [6, 6.07) is 7.42. The maximum atomic E-state index is 12.5. The van der Waals surface area contributed by atoms with Crippen molar-refractivity contribution in [1.82, 2.24) is 29.9 Å². The van der Waals surface area contributed by atoms with E-state index >= 15 is 0 Å². The van der Waals surface area contributed by atoms with E-state index in [9.17, 15) is 31.4 Å². The number of pyridine rings is 2. The molecule has 0 unspecified atom stereocenters. The normalized spacial score (nSPS) is 15.2. The number of aryl methyl sites for hydroxylation is 1. The molecule has 0 amide bonds. The summed E-state index contributed by atoms with van der Waals surface area (Å²) in [4.78, 5) is 22.4. The molecular formula is C29H26F6N6O. The van der Waals surface area contributed by atoms with Gasteiger partial charge in [-0.2, -0.15) is 26.3 Å². The second kappa shape index (κ2) is 11.7. The molecule has 220 valence electrons. The molecule has 4 heterocycles. The molecule has 2 aliphatic rings.